The van der Waals surface area contributed by atoms with E-state index in [1.165, 1.54) is 42.4 Å². The molecule has 4 rings (SSSR count). The Hall–Kier alpha value is -2.09. The van der Waals surface area contributed by atoms with Gasteiger partial charge in [-0.25, -0.2) is 4.98 Å². The maximum absolute atomic E-state index is 12.4. The average molecular weight is 460 g/mol. The Morgan fingerprint density at radius 3 is 2.63 bits per heavy atom. The Morgan fingerprint density at radius 1 is 1.10 bits per heavy atom. The summed E-state index contributed by atoms with van der Waals surface area (Å²) in [5.74, 6) is 0.253. The fraction of sp³-hybridized carbons (Fsp3) is 0.318. The molecule has 1 aromatic heterocycles. The second-order valence-corrected chi connectivity index (χ2v) is 10.0. The molecular formula is C22H22ClN3O2S2. The van der Waals surface area contributed by atoms with Gasteiger partial charge >= 0.3 is 0 Å². The molecule has 2 amide bonds. The molecule has 0 radical (unpaired) electrons. The SMILES string of the molecule is O=C(CSc1nc2ccc(NC(=O)c3ccc(Cl)cc3)cc2s1)NC1CCCCC1. The molecule has 0 bridgehead atoms. The van der Waals surface area contributed by atoms with E-state index in [1.807, 2.05) is 18.2 Å². The largest absolute Gasteiger partial charge is 0.353 e. The van der Waals surface area contributed by atoms with E-state index in [9.17, 15) is 9.59 Å². The molecule has 1 fully saturated rings. The van der Waals surface area contributed by atoms with E-state index in [0.717, 1.165) is 27.4 Å². The lowest BCUT2D eigenvalue weighted by Crippen LogP contribution is -2.37. The maximum atomic E-state index is 12.4. The molecule has 1 heterocycles. The Morgan fingerprint density at radius 2 is 1.87 bits per heavy atom. The number of thioether (sulfide) groups is 1. The molecule has 30 heavy (non-hydrogen) atoms. The Kier molecular flexibility index (Phi) is 6.92. The number of rotatable bonds is 6. The first-order valence-electron chi connectivity index (χ1n) is 9.96. The van der Waals surface area contributed by atoms with E-state index in [4.69, 9.17) is 11.6 Å². The van der Waals surface area contributed by atoms with Crippen molar-refractivity contribution in [2.75, 3.05) is 11.1 Å². The van der Waals surface area contributed by atoms with Crippen LogP contribution in [0.15, 0.2) is 46.8 Å². The van der Waals surface area contributed by atoms with Crippen molar-refractivity contribution in [1.82, 2.24) is 10.3 Å². The minimum atomic E-state index is -0.190. The monoisotopic (exact) mass is 459 g/mol. The molecule has 1 aliphatic carbocycles. The van der Waals surface area contributed by atoms with E-state index >= 15 is 0 Å². The number of nitrogens with one attached hydrogen (secondary N) is 2. The lowest BCUT2D eigenvalue weighted by atomic mass is 9.95. The number of carbonyl (C=O) groups is 2. The maximum Gasteiger partial charge on any atom is 0.255 e. The summed E-state index contributed by atoms with van der Waals surface area (Å²) < 4.78 is 1.82. The predicted octanol–water partition coefficient (Wildman–Crippen LogP) is 5.74. The number of carbonyl (C=O) groups excluding carboxylic acids is 2. The van der Waals surface area contributed by atoms with Crippen LogP contribution >= 0.6 is 34.7 Å². The van der Waals surface area contributed by atoms with Gasteiger partial charge < -0.3 is 10.6 Å². The minimum Gasteiger partial charge on any atom is -0.353 e. The first-order chi connectivity index (χ1) is 14.6. The van der Waals surface area contributed by atoms with E-state index in [-0.39, 0.29) is 11.8 Å². The standard InChI is InChI=1S/C22H22ClN3O2S2/c23-15-8-6-14(7-9-15)21(28)25-17-10-11-18-19(12-17)30-22(26-18)29-13-20(27)24-16-4-2-1-3-5-16/h6-12,16H,1-5,13H2,(H,24,27)(H,25,28). The van der Waals surface area contributed by atoms with Crippen LogP contribution in [0.2, 0.25) is 5.02 Å². The molecule has 156 valence electrons. The summed E-state index contributed by atoms with van der Waals surface area (Å²) in [4.78, 5) is 29.2. The average Bonchev–Trinajstić information content (AvgIpc) is 3.16. The molecule has 2 N–H and O–H groups in total. The summed E-state index contributed by atoms with van der Waals surface area (Å²) in [6.07, 6.45) is 5.85. The Labute approximate surface area is 188 Å². The molecule has 8 heteroatoms. The summed E-state index contributed by atoms with van der Waals surface area (Å²) in [6, 6.07) is 12.7. The van der Waals surface area contributed by atoms with Gasteiger partial charge in [0.1, 0.15) is 0 Å². The normalized spacial score (nSPS) is 14.6. The number of halogens is 1. The highest BCUT2D eigenvalue weighted by Crippen LogP contribution is 2.31. The van der Waals surface area contributed by atoms with Gasteiger partial charge in [0.25, 0.3) is 5.91 Å². The van der Waals surface area contributed by atoms with Crippen molar-refractivity contribution in [3.63, 3.8) is 0 Å². The zero-order chi connectivity index (χ0) is 20.9. The molecule has 1 aliphatic rings. The van der Waals surface area contributed by atoms with Crippen LogP contribution in [0.4, 0.5) is 5.69 Å². The first-order valence-corrected chi connectivity index (χ1v) is 12.1. The highest BCUT2D eigenvalue weighted by molar-refractivity contribution is 8.01. The first kappa shape index (κ1) is 21.2. The summed E-state index contributed by atoms with van der Waals surface area (Å²) >= 11 is 8.86. The zero-order valence-corrected chi connectivity index (χ0v) is 18.7. The van der Waals surface area contributed by atoms with Gasteiger partial charge in [0.15, 0.2) is 4.34 Å². The van der Waals surface area contributed by atoms with Crippen LogP contribution in [0, 0.1) is 0 Å². The number of fused-ring (bicyclic) bond motifs is 1. The number of aromatic nitrogens is 1. The predicted molar refractivity (Wildman–Crippen MR) is 125 cm³/mol. The van der Waals surface area contributed by atoms with Crippen LogP contribution in [0.3, 0.4) is 0 Å². The lowest BCUT2D eigenvalue weighted by Gasteiger charge is -2.22. The van der Waals surface area contributed by atoms with Gasteiger partial charge in [0, 0.05) is 22.3 Å². The molecule has 0 saturated heterocycles. The van der Waals surface area contributed by atoms with E-state index in [2.05, 4.69) is 15.6 Å². The van der Waals surface area contributed by atoms with Gasteiger partial charge in [-0.05, 0) is 55.3 Å². The van der Waals surface area contributed by atoms with Crippen LogP contribution in [-0.2, 0) is 4.79 Å². The zero-order valence-electron chi connectivity index (χ0n) is 16.3. The molecular weight excluding hydrogens is 438 g/mol. The molecule has 5 nitrogen and oxygen atoms in total. The lowest BCUT2D eigenvalue weighted by molar-refractivity contribution is -0.119. The molecule has 3 aromatic rings. The topological polar surface area (TPSA) is 71.1 Å². The molecule has 0 aliphatic heterocycles. The van der Waals surface area contributed by atoms with Gasteiger partial charge in [-0.15, -0.1) is 11.3 Å². The van der Waals surface area contributed by atoms with Gasteiger partial charge in [-0.1, -0.05) is 42.6 Å². The van der Waals surface area contributed by atoms with E-state index in [1.54, 1.807) is 24.3 Å². The van der Waals surface area contributed by atoms with Crippen LogP contribution < -0.4 is 10.6 Å². The number of hydrogen-bond donors (Lipinski definition) is 2. The number of hydrogen-bond acceptors (Lipinski definition) is 5. The number of thiazole rings is 1. The quantitative estimate of drug-likeness (QED) is 0.461. The number of nitrogens with zero attached hydrogens (tertiary/aromatic N) is 1. The van der Waals surface area contributed by atoms with Crippen LogP contribution in [0.1, 0.15) is 42.5 Å². The van der Waals surface area contributed by atoms with Crippen LogP contribution in [0.25, 0.3) is 10.2 Å². The van der Waals surface area contributed by atoms with Crippen molar-refractivity contribution in [1.29, 1.82) is 0 Å². The van der Waals surface area contributed by atoms with Crippen molar-refractivity contribution in [3.8, 4) is 0 Å². The van der Waals surface area contributed by atoms with Crippen LogP contribution in [0.5, 0.6) is 0 Å². The van der Waals surface area contributed by atoms with Gasteiger partial charge in [-0.2, -0.15) is 0 Å². The highest BCUT2D eigenvalue weighted by atomic mass is 35.5. The van der Waals surface area contributed by atoms with Crippen molar-refractivity contribution in [2.45, 2.75) is 42.5 Å². The molecule has 1 saturated carbocycles. The fourth-order valence-corrected chi connectivity index (χ4v) is 5.54. The third-order valence-electron chi connectivity index (χ3n) is 5.03. The van der Waals surface area contributed by atoms with Crippen molar-refractivity contribution < 1.29 is 9.59 Å². The summed E-state index contributed by atoms with van der Waals surface area (Å²) in [6.45, 7) is 0. The van der Waals surface area contributed by atoms with Crippen molar-refractivity contribution in [3.05, 3.63) is 53.1 Å². The molecule has 0 spiro atoms. The fourth-order valence-electron chi connectivity index (χ4n) is 3.49. The van der Waals surface area contributed by atoms with Crippen molar-refractivity contribution in [2.24, 2.45) is 0 Å². The summed E-state index contributed by atoms with van der Waals surface area (Å²) in [5.41, 5.74) is 2.11. The summed E-state index contributed by atoms with van der Waals surface area (Å²) in [7, 11) is 0. The Bertz CT molecular complexity index is 1050. The molecule has 0 atom stereocenters. The third kappa shape index (κ3) is 5.53. The second-order valence-electron chi connectivity index (χ2n) is 7.31. The van der Waals surface area contributed by atoms with E-state index in [0.29, 0.717) is 28.1 Å². The van der Waals surface area contributed by atoms with Gasteiger partial charge in [-0.3, -0.25) is 9.59 Å². The number of anilines is 1. The summed E-state index contributed by atoms with van der Waals surface area (Å²) in [5, 5.41) is 6.63. The number of benzene rings is 2. The molecule has 0 unspecified atom stereocenters. The Balaban J connectivity index is 1.35. The highest BCUT2D eigenvalue weighted by Gasteiger charge is 2.16. The second kappa shape index (κ2) is 9.81. The smallest absolute Gasteiger partial charge is 0.255 e. The van der Waals surface area contributed by atoms with E-state index < -0.39 is 0 Å². The third-order valence-corrected chi connectivity index (χ3v) is 7.44. The van der Waals surface area contributed by atoms with Gasteiger partial charge in [0.05, 0.1) is 16.0 Å². The van der Waals surface area contributed by atoms with Crippen LogP contribution in [-0.4, -0.2) is 28.6 Å². The number of amides is 2. The van der Waals surface area contributed by atoms with Gasteiger partial charge in [0.2, 0.25) is 5.91 Å². The molecule has 2 aromatic carbocycles. The minimum absolute atomic E-state index is 0.0714. The van der Waals surface area contributed by atoms with Crippen molar-refractivity contribution >= 4 is 62.4 Å².